The van der Waals surface area contributed by atoms with E-state index in [-0.39, 0.29) is 16.8 Å². The molecule has 9 heteroatoms. The third-order valence-electron chi connectivity index (χ3n) is 5.70. The van der Waals surface area contributed by atoms with Crippen molar-refractivity contribution in [3.05, 3.63) is 48.4 Å². The van der Waals surface area contributed by atoms with Gasteiger partial charge in [-0.3, -0.25) is 0 Å². The molecule has 2 aromatic rings. The van der Waals surface area contributed by atoms with Gasteiger partial charge in [-0.15, -0.1) is 0 Å². The van der Waals surface area contributed by atoms with Crippen LogP contribution in [0.3, 0.4) is 0 Å². The number of hydrogen-bond donors (Lipinski definition) is 0. The van der Waals surface area contributed by atoms with E-state index in [9.17, 15) is 12.8 Å². The molecule has 2 saturated heterocycles. The van der Waals surface area contributed by atoms with E-state index in [0.717, 1.165) is 44.8 Å². The van der Waals surface area contributed by atoms with Gasteiger partial charge in [-0.25, -0.2) is 17.8 Å². The molecule has 2 aliphatic rings. The predicted octanol–water partition coefficient (Wildman–Crippen LogP) is 2.20. The normalized spacial score (nSPS) is 19.7. The van der Waals surface area contributed by atoms with Crippen LogP contribution in [-0.2, 0) is 10.0 Å². The van der Waals surface area contributed by atoms with Gasteiger partial charge in [-0.05, 0) is 43.4 Å². The standard InChI is InChI=1S/C21H27FN4O3S/c1-24-12-14-26(15-13-24)30(27,28)20-6-7-21(23-16-20)25-10-8-19(9-11-25)29-18-4-2-17(22)3-5-18/h2-7,16,19H,8-15H2,1H3. The summed E-state index contributed by atoms with van der Waals surface area (Å²) < 4.78 is 46.1. The zero-order valence-corrected chi connectivity index (χ0v) is 17.9. The Hall–Kier alpha value is -2.23. The van der Waals surface area contributed by atoms with Crippen LogP contribution in [0.25, 0.3) is 0 Å². The quantitative estimate of drug-likeness (QED) is 0.719. The number of piperidine rings is 1. The zero-order chi connectivity index (χ0) is 21.1. The molecular weight excluding hydrogens is 407 g/mol. The molecule has 1 aromatic carbocycles. The van der Waals surface area contributed by atoms with E-state index in [1.54, 1.807) is 24.3 Å². The summed E-state index contributed by atoms with van der Waals surface area (Å²) in [4.78, 5) is 8.92. The van der Waals surface area contributed by atoms with Gasteiger partial charge in [-0.1, -0.05) is 0 Å². The molecule has 0 N–H and O–H groups in total. The highest BCUT2D eigenvalue weighted by Gasteiger charge is 2.28. The van der Waals surface area contributed by atoms with E-state index in [4.69, 9.17) is 4.74 Å². The van der Waals surface area contributed by atoms with Gasteiger partial charge in [0, 0.05) is 58.3 Å². The number of piperazine rings is 1. The summed E-state index contributed by atoms with van der Waals surface area (Å²) in [5.74, 6) is 1.17. The zero-order valence-electron chi connectivity index (χ0n) is 17.1. The van der Waals surface area contributed by atoms with E-state index in [1.807, 2.05) is 7.05 Å². The molecule has 0 saturated carbocycles. The SMILES string of the molecule is CN1CCN(S(=O)(=O)c2ccc(N3CCC(Oc4ccc(F)cc4)CC3)nc2)CC1. The number of pyridine rings is 1. The van der Waals surface area contributed by atoms with E-state index < -0.39 is 10.0 Å². The van der Waals surface area contributed by atoms with E-state index in [0.29, 0.717) is 18.8 Å². The van der Waals surface area contributed by atoms with Gasteiger partial charge >= 0.3 is 0 Å². The topological polar surface area (TPSA) is 66.0 Å². The monoisotopic (exact) mass is 434 g/mol. The second kappa shape index (κ2) is 8.87. The van der Waals surface area contributed by atoms with E-state index in [1.165, 1.54) is 22.6 Å². The highest BCUT2D eigenvalue weighted by atomic mass is 32.2. The average Bonchev–Trinajstić information content (AvgIpc) is 2.76. The second-order valence-electron chi connectivity index (χ2n) is 7.82. The van der Waals surface area contributed by atoms with Gasteiger partial charge in [-0.2, -0.15) is 4.31 Å². The molecule has 0 amide bonds. The molecule has 7 nitrogen and oxygen atoms in total. The number of benzene rings is 1. The second-order valence-corrected chi connectivity index (χ2v) is 9.76. The molecule has 1 aromatic heterocycles. The van der Waals surface area contributed by atoms with Crippen molar-refractivity contribution < 1.29 is 17.5 Å². The van der Waals surface area contributed by atoms with Crippen molar-refractivity contribution >= 4 is 15.8 Å². The Labute approximate surface area is 177 Å². The fourth-order valence-corrected chi connectivity index (χ4v) is 5.17. The molecule has 0 spiro atoms. The number of hydrogen-bond acceptors (Lipinski definition) is 6. The van der Waals surface area contributed by atoms with Gasteiger partial charge in [0.2, 0.25) is 10.0 Å². The third kappa shape index (κ3) is 4.74. The molecule has 3 heterocycles. The Balaban J connectivity index is 1.34. The lowest BCUT2D eigenvalue weighted by Crippen LogP contribution is -2.47. The lowest BCUT2D eigenvalue weighted by molar-refractivity contribution is 0.170. The Morgan fingerprint density at radius 2 is 1.63 bits per heavy atom. The number of halogens is 1. The number of rotatable bonds is 5. The molecule has 0 unspecified atom stereocenters. The highest BCUT2D eigenvalue weighted by Crippen LogP contribution is 2.24. The van der Waals surface area contributed by atoms with E-state index >= 15 is 0 Å². The Kier molecular flexibility index (Phi) is 6.21. The van der Waals surface area contributed by atoms with Crippen LogP contribution >= 0.6 is 0 Å². The Morgan fingerprint density at radius 1 is 0.967 bits per heavy atom. The Morgan fingerprint density at radius 3 is 2.23 bits per heavy atom. The minimum atomic E-state index is -3.50. The summed E-state index contributed by atoms with van der Waals surface area (Å²) in [7, 11) is -1.51. The molecule has 0 aliphatic carbocycles. The summed E-state index contributed by atoms with van der Waals surface area (Å²) in [6.45, 7) is 4.01. The number of nitrogens with zero attached hydrogens (tertiary/aromatic N) is 4. The lowest BCUT2D eigenvalue weighted by atomic mass is 10.1. The number of sulfonamides is 1. The predicted molar refractivity (Wildman–Crippen MR) is 113 cm³/mol. The van der Waals surface area contributed by atoms with Gasteiger partial charge < -0.3 is 14.5 Å². The van der Waals surface area contributed by atoms with Crippen LogP contribution in [0.2, 0.25) is 0 Å². The minimum absolute atomic E-state index is 0.0728. The smallest absolute Gasteiger partial charge is 0.244 e. The first-order valence-corrected chi connectivity index (χ1v) is 11.7. The maximum atomic E-state index is 13.0. The summed E-state index contributed by atoms with van der Waals surface area (Å²) in [6, 6.07) is 9.51. The summed E-state index contributed by atoms with van der Waals surface area (Å²) >= 11 is 0. The maximum absolute atomic E-state index is 13.0. The molecule has 2 aliphatic heterocycles. The first kappa shape index (κ1) is 21.0. The number of ether oxygens (including phenoxy) is 1. The molecule has 2 fully saturated rings. The van der Waals surface area contributed by atoms with Gasteiger partial charge in [0.15, 0.2) is 0 Å². The maximum Gasteiger partial charge on any atom is 0.244 e. The molecular formula is C21H27FN4O3S. The summed E-state index contributed by atoms with van der Waals surface area (Å²) in [5.41, 5.74) is 0. The first-order valence-electron chi connectivity index (χ1n) is 10.2. The third-order valence-corrected chi connectivity index (χ3v) is 7.59. The molecule has 0 bridgehead atoms. The first-order chi connectivity index (χ1) is 14.4. The molecule has 162 valence electrons. The number of anilines is 1. The molecule has 0 radical (unpaired) electrons. The molecule has 30 heavy (non-hydrogen) atoms. The van der Waals surface area contributed by atoms with Gasteiger partial charge in [0.05, 0.1) is 0 Å². The van der Waals surface area contributed by atoms with Crippen LogP contribution in [0.1, 0.15) is 12.8 Å². The molecule has 0 atom stereocenters. The van der Waals surface area contributed by atoms with Crippen molar-refractivity contribution in [3.8, 4) is 5.75 Å². The number of likely N-dealkylation sites (N-methyl/N-ethyl adjacent to an activating group) is 1. The van der Waals surface area contributed by atoms with Crippen molar-refractivity contribution in [2.24, 2.45) is 0 Å². The highest BCUT2D eigenvalue weighted by molar-refractivity contribution is 7.89. The average molecular weight is 435 g/mol. The number of aromatic nitrogens is 1. The van der Waals surface area contributed by atoms with Crippen molar-refractivity contribution in [2.75, 3.05) is 51.2 Å². The summed E-state index contributed by atoms with van der Waals surface area (Å²) in [5, 5.41) is 0. The van der Waals surface area contributed by atoms with Crippen LogP contribution in [0, 0.1) is 5.82 Å². The van der Waals surface area contributed by atoms with Crippen molar-refractivity contribution in [1.82, 2.24) is 14.2 Å². The van der Waals surface area contributed by atoms with Gasteiger partial charge in [0.1, 0.15) is 28.4 Å². The lowest BCUT2D eigenvalue weighted by Gasteiger charge is -2.33. The van der Waals surface area contributed by atoms with Crippen LogP contribution < -0.4 is 9.64 Å². The van der Waals surface area contributed by atoms with Crippen molar-refractivity contribution in [2.45, 2.75) is 23.8 Å². The van der Waals surface area contributed by atoms with Crippen molar-refractivity contribution in [3.63, 3.8) is 0 Å². The van der Waals surface area contributed by atoms with Crippen LogP contribution in [0.5, 0.6) is 5.75 Å². The van der Waals surface area contributed by atoms with Crippen LogP contribution in [-0.4, -0.2) is 75.0 Å². The van der Waals surface area contributed by atoms with Gasteiger partial charge in [0.25, 0.3) is 0 Å². The Bertz CT molecular complexity index is 937. The van der Waals surface area contributed by atoms with E-state index in [2.05, 4.69) is 14.8 Å². The van der Waals surface area contributed by atoms with Crippen LogP contribution in [0.15, 0.2) is 47.5 Å². The fraction of sp³-hybridized carbons (Fsp3) is 0.476. The van der Waals surface area contributed by atoms with Crippen LogP contribution in [0.4, 0.5) is 10.2 Å². The minimum Gasteiger partial charge on any atom is -0.490 e. The molecule has 4 rings (SSSR count). The van der Waals surface area contributed by atoms with Crippen molar-refractivity contribution in [1.29, 1.82) is 0 Å². The summed E-state index contributed by atoms with van der Waals surface area (Å²) in [6.07, 6.45) is 3.17. The largest absolute Gasteiger partial charge is 0.490 e. The fourth-order valence-electron chi connectivity index (χ4n) is 3.80.